The lowest BCUT2D eigenvalue weighted by Gasteiger charge is -2.41. The van der Waals surface area contributed by atoms with Crippen molar-refractivity contribution in [2.75, 3.05) is 33.3 Å². The summed E-state index contributed by atoms with van der Waals surface area (Å²) in [5.41, 5.74) is 6.75. The van der Waals surface area contributed by atoms with Crippen molar-refractivity contribution in [3.63, 3.8) is 0 Å². The van der Waals surface area contributed by atoms with Crippen LogP contribution >= 0.6 is 0 Å². The molecule has 3 aliphatic rings. The van der Waals surface area contributed by atoms with E-state index in [1.54, 1.807) is 7.11 Å². The summed E-state index contributed by atoms with van der Waals surface area (Å²) < 4.78 is 19.9. The smallest absolute Gasteiger partial charge is 0.362 e. The molecule has 0 spiro atoms. The van der Waals surface area contributed by atoms with E-state index in [0.29, 0.717) is 0 Å². The molecule has 4 aromatic carbocycles. The Morgan fingerprint density at radius 2 is 0.951 bits per heavy atom. The number of fused-ring (bicyclic) bond motifs is 6. The minimum absolute atomic E-state index is 0.0387. The van der Waals surface area contributed by atoms with Gasteiger partial charge < -0.3 is 14.0 Å². The Kier molecular flexibility index (Phi) is 8.70. The minimum Gasteiger partial charge on any atom is -0.411 e. The van der Waals surface area contributed by atoms with Gasteiger partial charge in [-0.05, 0) is 46.8 Å². The van der Waals surface area contributed by atoms with Gasteiger partial charge in [0.05, 0.1) is 12.5 Å². The lowest BCUT2D eigenvalue weighted by atomic mass is 9.54. The summed E-state index contributed by atoms with van der Waals surface area (Å²) in [7, 11) is 1.78. The molecule has 5 nitrogen and oxygen atoms in total. The summed E-state index contributed by atoms with van der Waals surface area (Å²) in [6.07, 6.45) is -0.302. The summed E-state index contributed by atoms with van der Waals surface area (Å²) in [6, 6.07) is 38.5. The highest BCUT2D eigenvalue weighted by Gasteiger charge is 2.32. The third-order valence-corrected chi connectivity index (χ3v) is 8.52. The molecule has 2 unspecified atom stereocenters. The predicted octanol–water partition coefficient (Wildman–Crippen LogP) is 2.99. The van der Waals surface area contributed by atoms with Gasteiger partial charge >= 0.3 is 13.8 Å². The first kappa shape index (κ1) is 28.0. The van der Waals surface area contributed by atoms with Crippen LogP contribution in [0.2, 0.25) is 0 Å². The van der Waals surface area contributed by atoms with Gasteiger partial charge in [0.15, 0.2) is 0 Å². The van der Waals surface area contributed by atoms with E-state index >= 15 is 0 Å². The van der Waals surface area contributed by atoms with Crippen molar-refractivity contribution < 1.29 is 14.0 Å². The number of ether oxygens (including phenoxy) is 1. The van der Waals surface area contributed by atoms with E-state index in [1.807, 2.05) is 0 Å². The van der Waals surface area contributed by atoms with E-state index in [0.717, 1.165) is 59.2 Å². The molecule has 4 aromatic rings. The zero-order valence-electron chi connectivity index (χ0n) is 24.2. The second-order valence-electron chi connectivity index (χ2n) is 11.1. The largest absolute Gasteiger partial charge is 0.411 e. The van der Waals surface area contributed by atoms with Gasteiger partial charge in [-0.15, -0.1) is 0 Å². The Labute approximate surface area is 245 Å². The second-order valence-corrected chi connectivity index (χ2v) is 11.1. The average Bonchev–Trinajstić information content (AvgIpc) is 3.03. The molecule has 6 bridgehead atoms. The van der Waals surface area contributed by atoms with E-state index in [1.165, 1.54) is 0 Å². The zero-order valence-corrected chi connectivity index (χ0v) is 24.2. The van der Waals surface area contributed by atoms with Crippen LogP contribution in [-0.2, 0) is 14.0 Å². The summed E-state index contributed by atoms with van der Waals surface area (Å²) in [5.74, 6) is 0. The molecule has 1 fully saturated rings. The van der Waals surface area contributed by atoms with Gasteiger partial charge in [0.2, 0.25) is 0 Å². The fourth-order valence-corrected chi connectivity index (χ4v) is 6.22. The van der Waals surface area contributed by atoms with Gasteiger partial charge in [-0.2, -0.15) is 0 Å². The summed E-state index contributed by atoms with van der Waals surface area (Å²) in [4.78, 5) is 4.88. The Bertz CT molecular complexity index is 1310. The van der Waals surface area contributed by atoms with Crippen LogP contribution in [0.25, 0.3) is 0 Å². The van der Waals surface area contributed by atoms with Gasteiger partial charge in [0.1, 0.15) is 6.10 Å². The zero-order chi connectivity index (χ0) is 28.2. The number of hydrogen-bond donors (Lipinski definition) is 0. The molecule has 2 atom stereocenters. The van der Waals surface area contributed by atoms with Gasteiger partial charge in [-0.3, -0.25) is 9.80 Å². The molecule has 0 radical (unpaired) electrons. The molecule has 3 heterocycles. The van der Waals surface area contributed by atoms with Crippen LogP contribution in [-0.4, -0.2) is 69.4 Å². The molecule has 7 rings (SSSR count). The molecule has 0 aromatic heterocycles. The van der Waals surface area contributed by atoms with Crippen LogP contribution in [0.5, 0.6) is 0 Å². The lowest BCUT2D eigenvalue weighted by Crippen LogP contribution is -2.57. The number of benzene rings is 4. The molecular weight excluding hydrogens is 506 g/mol. The van der Waals surface area contributed by atoms with E-state index in [2.05, 4.69) is 133 Å². The maximum Gasteiger partial charge on any atom is 0.362 e. The van der Waals surface area contributed by atoms with Gasteiger partial charge in [0.25, 0.3) is 0 Å². The normalized spacial score (nSPS) is 25.1. The van der Waals surface area contributed by atoms with E-state index < -0.39 is 0 Å². The Morgan fingerprint density at radius 3 is 1.34 bits per heavy atom. The first-order valence-corrected chi connectivity index (χ1v) is 14.7. The van der Waals surface area contributed by atoms with Crippen molar-refractivity contribution in [1.82, 2.24) is 9.80 Å². The van der Waals surface area contributed by atoms with Gasteiger partial charge in [-0.25, -0.2) is 0 Å². The summed E-state index contributed by atoms with van der Waals surface area (Å²) in [5, 5.41) is 0. The minimum atomic E-state index is -0.225. The van der Waals surface area contributed by atoms with Crippen LogP contribution in [0.4, 0.5) is 0 Å². The monoisotopic (exact) mass is 544 g/mol. The Balaban J connectivity index is 1.46. The van der Waals surface area contributed by atoms with E-state index in [-0.39, 0.29) is 32.4 Å². The number of hydrogen-bond acceptors (Lipinski definition) is 5. The van der Waals surface area contributed by atoms with Crippen LogP contribution in [0.15, 0.2) is 109 Å². The van der Waals surface area contributed by atoms with Crippen LogP contribution in [0, 0.1) is 0 Å². The van der Waals surface area contributed by atoms with Crippen molar-refractivity contribution in [2.24, 2.45) is 0 Å². The van der Waals surface area contributed by atoms with Crippen molar-refractivity contribution in [1.29, 1.82) is 0 Å². The average molecular weight is 544 g/mol. The van der Waals surface area contributed by atoms with Crippen LogP contribution < -0.4 is 21.9 Å². The van der Waals surface area contributed by atoms with Crippen LogP contribution in [0.1, 0.15) is 31.1 Å². The molecule has 0 saturated carbocycles. The number of methoxy groups -OCH3 is 1. The third kappa shape index (κ3) is 6.20. The Hall–Kier alpha value is -3.19. The van der Waals surface area contributed by atoms with Gasteiger partial charge in [-0.1, -0.05) is 109 Å². The highest BCUT2D eigenvalue weighted by Crippen LogP contribution is 2.25. The summed E-state index contributed by atoms with van der Waals surface area (Å²) >= 11 is 0. The standard InChI is InChI=1S/C34H38B2N2O3/c1-26-37-20-22-38(23-21-37)27(2)41-36(31-16-8-5-9-17-31)33-19-11-13-29(25-33)34(39-3)28-12-10-18-32(24-28)35(40-26)30-14-6-4-7-15-30/h4-19,24-27,34H,20-23H2,1-3H3. The third-order valence-electron chi connectivity index (χ3n) is 8.52. The molecule has 1 saturated heterocycles. The lowest BCUT2D eigenvalue weighted by molar-refractivity contribution is -0.0393. The van der Waals surface area contributed by atoms with Crippen molar-refractivity contribution >= 4 is 35.7 Å². The quantitative estimate of drug-likeness (QED) is 0.371. The topological polar surface area (TPSA) is 34.2 Å². The van der Waals surface area contributed by atoms with Crippen molar-refractivity contribution in [2.45, 2.75) is 32.4 Å². The molecule has 41 heavy (non-hydrogen) atoms. The predicted molar refractivity (Wildman–Crippen MR) is 169 cm³/mol. The number of rotatable bonds is 3. The fraction of sp³-hybridized carbons (Fsp3) is 0.294. The fourth-order valence-electron chi connectivity index (χ4n) is 6.22. The molecule has 208 valence electrons. The second kappa shape index (κ2) is 12.8. The molecule has 0 N–H and O–H groups in total. The van der Waals surface area contributed by atoms with E-state index in [4.69, 9.17) is 14.0 Å². The van der Waals surface area contributed by atoms with Crippen molar-refractivity contribution in [3.8, 4) is 0 Å². The molecule has 0 aliphatic carbocycles. The molecule has 0 amide bonds. The molecule has 3 aliphatic heterocycles. The first-order valence-electron chi connectivity index (χ1n) is 14.7. The van der Waals surface area contributed by atoms with Crippen LogP contribution in [0.3, 0.4) is 0 Å². The molecular formula is C34H38B2N2O3. The molecule has 7 heteroatoms. The maximum absolute atomic E-state index is 6.88. The van der Waals surface area contributed by atoms with Crippen molar-refractivity contribution in [3.05, 3.63) is 120 Å². The SMILES string of the molecule is COC1c2cccc(c2)B(c2ccccc2)OC(C)N2CCN(CC2)C(C)OB(c2ccccc2)c2cccc1c2. The highest BCUT2D eigenvalue weighted by molar-refractivity contribution is 6.80. The summed E-state index contributed by atoms with van der Waals surface area (Å²) in [6.45, 7) is 7.68. The first-order chi connectivity index (χ1) is 20.1. The maximum atomic E-state index is 6.88. The highest BCUT2D eigenvalue weighted by atomic mass is 16.5. The number of nitrogens with zero attached hydrogens (tertiary/aromatic N) is 2. The number of piperazine rings is 1. The van der Waals surface area contributed by atoms with E-state index in [9.17, 15) is 0 Å². The Morgan fingerprint density at radius 1 is 0.561 bits per heavy atom. The van der Waals surface area contributed by atoms with Gasteiger partial charge in [0, 0.05) is 33.3 Å².